The molecule has 8 nitrogen and oxygen atoms in total. The molecule has 3 N–H and O–H groups in total. The first-order chi connectivity index (χ1) is 16.1. The summed E-state index contributed by atoms with van der Waals surface area (Å²) in [5.74, 6) is -0.637. The molecule has 2 aromatic carbocycles. The number of amides is 2. The Labute approximate surface area is 191 Å². The van der Waals surface area contributed by atoms with E-state index in [2.05, 4.69) is 20.7 Å². The molecule has 2 unspecified atom stereocenters. The van der Waals surface area contributed by atoms with Gasteiger partial charge in [0, 0.05) is 24.3 Å². The molecule has 0 aliphatic carbocycles. The second kappa shape index (κ2) is 10.1. The second-order valence-corrected chi connectivity index (χ2v) is 7.62. The van der Waals surface area contributed by atoms with Crippen molar-refractivity contribution in [2.75, 3.05) is 6.54 Å². The molecule has 4 aromatic rings. The van der Waals surface area contributed by atoms with Gasteiger partial charge in [-0.15, -0.1) is 0 Å². The number of aromatic nitrogens is 3. The van der Waals surface area contributed by atoms with Crippen LogP contribution in [0, 0.1) is 0 Å². The fourth-order valence-electron chi connectivity index (χ4n) is 3.65. The predicted octanol–water partition coefficient (Wildman–Crippen LogP) is 2.26. The van der Waals surface area contributed by atoms with Crippen LogP contribution in [0.3, 0.4) is 0 Å². The number of rotatable bonds is 8. The first-order valence-electron chi connectivity index (χ1n) is 10.8. The largest absolute Gasteiger partial charge is 0.381 e. The molecule has 2 heterocycles. The van der Waals surface area contributed by atoms with E-state index in [9.17, 15) is 14.7 Å². The predicted molar refractivity (Wildman–Crippen MR) is 125 cm³/mol. The van der Waals surface area contributed by atoms with Crippen LogP contribution in [0.25, 0.3) is 16.7 Å². The van der Waals surface area contributed by atoms with Crippen molar-refractivity contribution in [3.05, 3.63) is 90.3 Å². The molecule has 0 radical (unpaired) electrons. The highest BCUT2D eigenvalue weighted by Gasteiger charge is 2.29. The monoisotopic (exact) mass is 443 g/mol. The second-order valence-electron chi connectivity index (χ2n) is 7.62. The molecule has 0 spiro atoms. The highest BCUT2D eigenvalue weighted by atomic mass is 16.3. The van der Waals surface area contributed by atoms with Gasteiger partial charge in [-0.25, -0.2) is 9.67 Å². The van der Waals surface area contributed by atoms with Crippen LogP contribution in [0.4, 0.5) is 0 Å². The number of benzene rings is 2. The summed E-state index contributed by atoms with van der Waals surface area (Å²) in [7, 11) is 0. The Morgan fingerprint density at radius 1 is 1.03 bits per heavy atom. The van der Waals surface area contributed by atoms with Gasteiger partial charge in [-0.3, -0.25) is 9.59 Å². The first kappa shape index (κ1) is 22.2. The van der Waals surface area contributed by atoms with Gasteiger partial charge in [0.2, 0.25) is 0 Å². The molecule has 0 saturated heterocycles. The van der Waals surface area contributed by atoms with Gasteiger partial charge in [0.1, 0.15) is 0 Å². The molecule has 0 bridgehead atoms. The average molecular weight is 444 g/mol. The highest BCUT2D eigenvalue weighted by molar-refractivity contribution is 5.98. The molecule has 0 aliphatic rings. The minimum atomic E-state index is -1.42. The zero-order chi connectivity index (χ0) is 23.2. The zero-order valence-electron chi connectivity index (χ0n) is 18.2. The number of aliphatic hydroxyl groups excluding tert-OH is 1. The van der Waals surface area contributed by atoms with Gasteiger partial charge < -0.3 is 15.7 Å². The van der Waals surface area contributed by atoms with Crippen molar-refractivity contribution in [1.82, 2.24) is 25.4 Å². The summed E-state index contributed by atoms with van der Waals surface area (Å²) in [6.45, 7) is 2.15. The Hall–Kier alpha value is -4.04. The van der Waals surface area contributed by atoms with Crippen LogP contribution in [0.5, 0.6) is 0 Å². The van der Waals surface area contributed by atoms with E-state index in [4.69, 9.17) is 0 Å². The number of hydrogen-bond acceptors (Lipinski definition) is 5. The summed E-state index contributed by atoms with van der Waals surface area (Å²) >= 11 is 0. The first-order valence-corrected chi connectivity index (χ1v) is 10.8. The standard InChI is InChI=1S/C25H25N5O3/c1-2-26-25(33)22(31)21(15-17-9-4-3-5-10-17)28-24(32)19-12-8-14-27-23(19)30-16-18-11-6-7-13-20(18)29-30/h3-14,16,21-22,31H,2,15H2,1H3,(H,26,33)(H,28,32). The topological polar surface area (TPSA) is 109 Å². The molecule has 0 fully saturated rings. The van der Waals surface area contributed by atoms with Crippen molar-refractivity contribution < 1.29 is 14.7 Å². The Balaban J connectivity index is 1.63. The van der Waals surface area contributed by atoms with Crippen LogP contribution >= 0.6 is 0 Å². The smallest absolute Gasteiger partial charge is 0.255 e. The van der Waals surface area contributed by atoms with E-state index in [1.807, 2.05) is 54.6 Å². The summed E-state index contributed by atoms with van der Waals surface area (Å²) in [5.41, 5.74) is 1.95. The van der Waals surface area contributed by atoms with E-state index in [0.717, 1.165) is 16.5 Å². The lowest BCUT2D eigenvalue weighted by Gasteiger charge is -2.24. The van der Waals surface area contributed by atoms with Crippen LogP contribution in [0.1, 0.15) is 22.8 Å². The zero-order valence-corrected chi connectivity index (χ0v) is 18.2. The van der Waals surface area contributed by atoms with Crippen LogP contribution < -0.4 is 10.6 Å². The molecule has 8 heteroatoms. The number of aliphatic hydroxyl groups is 1. The Morgan fingerprint density at radius 3 is 2.55 bits per heavy atom. The fraction of sp³-hybridized carbons (Fsp3) is 0.200. The van der Waals surface area contributed by atoms with Gasteiger partial charge in [-0.05, 0) is 37.1 Å². The molecule has 0 aliphatic heterocycles. The Morgan fingerprint density at radius 2 is 1.79 bits per heavy atom. The summed E-state index contributed by atoms with van der Waals surface area (Å²) in [4.78, 5) is 30.0. The maximum Gasteiger partial charge on any atom is 0.255 e. The summed E-state index contributed by atoms with van der Waals surface area (Å²) in [6.07, 6.45) is 2.26. The summed E-state index contributed by atoms with van der Waals surface area (Å²) < 4.78 is 1.56. The number of likely N-dealkylation sites (N-methyl/N-ethyl adjacent to an activating group) is 1. The van der Waals surface area contributed by atoms with Crippen molar-refractivity contribution in [2.24, 2.45) is 0 Å². The number of pyridine rings is 1. The average Bonchev–Trinajstić information content (AvgIpc) is 3.28. The minimum Gasteiger partial charge on any atom is -0.381 e. The van der Waals surface area contributed by atoms with E-state index in [0.29, 0.717) is 12.4 Å². The number of carbonyl (C=O) groups is 2. The van der Waals surface area contributed by atoms with E-state index in [1.54, 1.807) is 36.1 Å². The number of hydrogen-bond donors (Lipinski definition) is 3. The number of nitrogens with one attached hydrogen (secondary N) is 2. The van der Waals surface area contributed by atoms with E-state index < -0.39 is 24.0 Å². The molecule has 2 amide bonds. The Bertz CT molecular complexity index is 1220. The van der Waals surface area contributed by atoms with E-state index in [-0.39, 0.29) is 12.0 Å². The van der Waals surface area contributed by atoms with Gasteiger partial charge >= 0.3 is 0 Å². The van der Waals surface area contributed by atoms with Crippen molar-refractivity contribution in [3.63, 3.8) is 0 Å². The normalized spacial score (nSPS) is 12.8. The number of carbonyl (C=O) groups excluding carboxylic acids is 2. The van der Waals surface area contributed by atoms with Gasteiger partial charge in [-0.1, -0.05) is 48.5 Å². The molecule has 4 rings (SSSR count). The van der Waals surface area contributed by atoms with Crippen LogP contribution in [0.2, 0.25) is 0 Å². The SMILES string of the molecule is CCNC(=O)C(O)C(Cc1ccccc1)NC(=O)c1cccnc1-n1cc2ccccc2n1. The summed E-state index contributed by atoms with van der Waals surface area (Å²) in [5, 5.41) is 21.6. The highest BCUT2D eigenvalue weighted by Crippen LogP contribution is 2.17. The van der Waals surface area contributed by atoms with Crippen molar-refractivity contribution in [2.45, 2.75) is 25.5 Å². The van der Waals surface area contributed by atoms with Gasteiger partial charge in [0.25, 0.3) is 11.8 Å². The summed E-state index contributed by atoms with van der Waals surface area (Å²) in [6, 6.07) is 19.5. The lowest BCUT2D eigenvalue weighted by Crippen LogP contribution is -2.51. The van der Waals surface area contributed by atoms with Gasteiger partial charge in [-0.2, -0.15) is 5.10 Å². The van der Waals surface area contributed by atoms with Gasteiger partial charge in [0.15, 0.2) is 11.9 Å². The molecule has 33 heavy (non-hydrogen) atoms. The third-order valence-electron chi connectivity index (χ3n) is 5.28. The van der Waals surface area contributed by atoms with E-state index >= 15 is 0 Å². The lowest BCUT2D eigenvalue weighted by atomic mass is 10.00. The molecular weight excluding hydrogens is 418 g/mol. The van der Waals surface area contributed by atoms with Crippen molar-refractivity contribution >= 4 is 22.7 Å². The molecule has 2 aromatic heterocycles. The molecule has 0 saturated carbocycles. The van der Waals surface area contributed by atoms with Crippen LogP contribution in [-0.4, -0.2) is 50.4 Å². The van der Waals surface area contributed by atoms with Crippen molar-refractivity contribution in [1.29, 1.82) is 0 Å². The maximum atomic E-state index is 13.3. The maximum absolute atomic E-state index is 13.3. The van der Waals surface area contributed by atoms with Crippen LogP contribution in [0.15, 0.2) is 79.1 Å². The third-order valence-corrected chi connectivity index (χ3v) is 5.28. The van der Waals surface area contributed by atoms with Crippen molar-refractivity contribution in [3.8, 4) is 5.82 Å². The number of nitrogens with zero attached hydrogens (tertiary/aromatic N) is 3. The lowest BCUT2D eigenvalue weighted by molar-refractivity contribution is -0.130. The van der Waals surface area contributed by atoms with Crippen LogP contribution in [-0.2, 0) is 11.2 Å². The van der Waals surface area contributed by atoms with E-state index in [1.165, 1.54) is 0 Å². The quantitative estimate of drug-likeness (QED) is 0.387. The molecular formula is C25H25N5O3. The third kappa shape index (κ3) is 5.07. The molecule has 2 atom stereocenters. The minimum absolute atomic E-state index is 0.284. The van der Waals surface area contributed by atoms with Gasteiger partial charge in [0.05, 0.1) is 17.1 Å². The molecule has 168 valence electrons. The fourth-order valence-corrected chi connectivity index (χ4v) is 3.65. The number of fused-ring (bicyclic) bond motifs is 1. The Kier molecular flexibility index (Phi) is 6.75.